The molecular weight excluding hydrogens is 293 g/mol. The van der Waals surface area contributed by atoms with Crippen LogP contribution in [0.1, 0.15) is 50.7 Å². The number of hydrogen-bond donors (Lipinski definition) is 3. The SMILES string of the molecule is CCNC(=NCc1ccc(F)c(CO)c1)NCC1(CC)CCC1. The lowest BCUT2D eigenvalue weighted by Gasteiger charge is -2.41. The molecule has 23 heavy (non-hydrogen) atoms. The zero-order valence-electron chi connectivity index (χ0n) is 14.2. The number of nitrogens with one attached hydrogen (secondary N) is 2. The van der Waals surface area contributed by atoms with Gasteiger partial charge in [-0.15, -0.1) is 0 Å². The first-order chi connectivity index (χ1) is 11.1. The van der Waals surface area contributed by atoms with Crippen LogP contribution in [0.3, 0.4) is 0 Å². The van der Waals surface area contributed by atoms with E-state index in [4.69, 9.17) is 5.11 Å². The number of rotatable bonds is 7. The molecule has 2 rings (SSSR count). The van der Waals surface area contributed by atoms with E-state index in [1.54, 1.807) is 12.1 Å². The maximum atomic E-state index is 13.4. The summed E-state index contributed by atoms with van der Waals surface area (Å²) >= 11 is 0. The Morgan fingerprint density at radius 2 is 2.09 bits per heavy atom. The molecule has 0 atom stereocenters. The van der Waals surface area contributed by atoms with Gasteiger partial charge in [-0.05, 0) is 49.3 Å². The van der Waals surface area contributed by atoms with Crippen molar-refractivity contribution in [2.24, 2.45) is 10.4 Å². The molecule has 0 spiro atoms. The van der Waals surface area contributed by atoms with Crippen molar-refractivity contribution in [3.8, 4) is 0 Å². The average molecular weight is 321 g/mol. The van der Waals surface area contributed by atoms with Gasteiger partial charge in [-0.1, -0.05) is 19.4 Å². The van der Waals surface area contributed by atoms with E-state index < -0.39 is 0 Å². The number of aliphatic hydroxyl groups excluding tert-OH is 1. The Morgan fingerprint density at radius 3 is 2.65 bits per heavy atom. The first-order valence-electron chi connectivity index (χ1n) is 8.53. The van der Waals surface area contributed by atoms with Crippen LogP contribution in [-0.4, -0.2) is 24.2 Å². The summed E-state index contributed by atoms with van der Waals surface area (Å²) in [5.74, 6) is 0.419. The second-order valence-electron chi connectivity index (χ2n) is 6.34. The van der Waals surface area contributed by atoms with Gasteiger partial charge in [-0.2, -0.15) is 0 Å². The summed E-state index contributed by atoms with van der Waals surface area (Å²) in [6.45, 7) is 6.21. The molecule has 1 aliphatic carbocycles. The van der Waals surface area contributed by atoms with Gasteiger partial charge < -0.3 is 15.7 Å². The van der Waals surface area contributed by atoms with Crippen LogP contribution >= 0.6 is 0 Å². The van der Waals surface area contributed by atoms with E-state index in [0.717, 1.165) is 24.6 Å². The molecule has 0 aromatic heterocycles. The number of aliphatic imine (C=N–C) groups is 1. The Bertz CT molecular complexity index is 536. The van der Waals surface area contributed by atoms with Crippen molar-refractivity contribution >= 4 is 5.96 Å². The summed E-state index contributed by atoms with van der Waals surface area (Å²) in [5, 5.41) is 15.8. The third-order valence-electron chi connectivity index (χ3n) is 4.84. The van der Waals surface area contributed by atoms with Gasteiger partial charge in [-0.3, -0.25) is 0 Å². The Kier molecular flexibility index (Phi) is 6.39. The molecule has 0 heterocycles. The monoisotopic (exact) mass is 321 g/mol. The van der Waals surface area contributed by atoms with Crippen LogP contribution in [-0.2, 0) is 13.2 Å². The molecule has 0 unspecified atom stereocenters. The zero-order chi connectivity index (χ0) is 16.7. The number of halogens is 1. The highest BCUT2D eigenvalue weighted by Crippen LogP contribution is 2.42. The molecule has 1 saturated carbocycles. The molecule has 0 aliphatic heterocycles. The maximum absolute atomic E-state index is 13.4. The molecular formula is C18H28FN3O. The van der Waals surface area contributed by atoms with Crippen LogP contribution in [0.15, 0.2) is 23.2 Å². The van der Waals surface area contributed by atoms with Crippen LogP contribution in [0.2, 0.25) is 0 Å². The van der Waals surface area contributed by atoms with Crippen molar-refractivity contribution in [3.63, 3.8) is 0 Å². The van der Waals surface area contributed by atoms with Gasteiger partial charge in [0.05, 0.1) is 13.2 Å². The molecule has 3 N–H and O–H groups in total. The standard InChI is InChI=1S/C18H28FN3O/c1-3-18(8-5-9-18)13-22-17(20-4-2)21-11-14-6-7-16(19)15(10-14)12-23/h6-7,10,23H,3-5,8-9,11-13H2,1-2H3,(H2,20,21,22). The van der Waals surface area contributed by atoms with Crippen molar-refractivity contribution in [2.75, 3.05) is 13.1 Å². The minimum Gasteiger partial charge on any atom is -0.392 e. The summed E-state index contributed by atoms with van der Waals surface area (Å²) < 4.78 is 13.4. The van der Waals surface area contributed by atoms with Gasteiger partial charge in [0.2, 0.25) is 0 Å². The van der Waals surface area contributed by atoms with Crippen LogP contribution in [0.25, 0.3) is 0 Å². The van der Waals surface area contributed by atoms with Crippen LogP contribution in [0.4, 0.5) is 4.39 Å². The molecule has 1 fully saturated rings. The predicted octanol–water partition coefficient (Wildman–Crippen LogP) is 2.95. The molecule has 0 saturated heterocycles. The lowest BCUT2D eigenvalue weighted by Crippen LogP contribution is -2.46. The minimum atomic E-state index is -0.375. The Morgan fingerprint density at radius 1 is 1.30 bits per heavy atom. The van der Waals surface area contributed by atoms with Crippen LogP contribution in [0.5, 0.6) is 0 Å². The summed E-state index contributed by atoms with van der Waals surface area (Å²) in [6.07, 6.45) is 5.08. The third-order valence-corrected chi connectivity index (χ3v) is 4.84. The lowest BCUT2D eigenvalue weighted by atomic mass is 9.67. The van der Waals surface area contributed by atoms with Gasteiger partial charge in [-0.25, -0.2) is 9.38 Å². The average Bonchev–Trinajstić information content (AvgIpc) is 2.53. The van der Waals surface area contributed by atoms with Crippen molar-refractivity contribution in [3.05, 3.63) is 35.1 Å². The van der Waals surface area contributed by atoms with E-state index in [1.807, 2.05) is 6.92 Å². The van der Waals surface area contributed by atoms with E-state index in [0.29, 0.717) is 17.5 Å². The molecule has 0 radical (unpaired) electrons. The number of guanidine groups is 1. The van der Waals surface area contributed by atoms with E-state index in [-0.39, 0.29) is 12.4 Å². The minimum absolute atomic E-state index is 0.291. The Labute approximate surface area is 138 Å². The predicted molar refractivity (Wildman–Crippen MR) is 91.7 cm³/mol. The fourth-order valence-corrected chi connectivity index (χ4v) is 2.96. The molecule has 128 valence electrons. The summed E-state index contributed by atoms with van der Waals surface area (Å²) in [4.78, 5) is 4.57. The van der Waals surface area contributed by atoms with Gasteiger partial charge in [0, 0.05) is 18.7 Å². The third kappa shape index (κ3) is 4.67. The first kappa shape index (κ1) is 17.7. The highest BCUT2D eigenvalue weighted by molar-refractivity contribution is 5.79. The normalized spacial score (nSPS) is 16.8. The molecule has 1 aromatic carbocycles. The first-order valence-corrected chi connectivity index (χ1v) is 8.53. The van der Waals surface area contributed by atoms with E-state index in [1.165, 1.54) is 31.7 Å². The van der Waals surface area contributed by atoms with E-state index in [9.17, 15) is 4.39 Å². The van der Waals surface area contributed by atoms with Crippen molar-refractivity contribution in [2.45, 2.75) is 52.7 Å². The van der Waals surface area contributed by atoms with E-state index >= 15 is 0 Å². The summed E-state index contributed by atoms with van der Waals surface area (Å²) in [5.41, 5.74) is 1.63. The fraction of sp³-hybridized carbons (Fsp3) is 0.611. The molecule has 0 bridgehead atoms. The number of nitrogens with zero attached hydrogens (tertiary/aromatic N) is 1. The highest BCUT2D eigenvalue weighted by Gasteiger charge is 2.34. The number of benzene rings is 1. The number of aliphatic hydroxyl groups is 1. The molecule has 4 nitrogen and oxygen atoms in total. The van der Waals surface area contributed by atoms with Gasteiger partial charge >= 0.3 is 0 Å². The summed E-state index contributed by atoms with van der Waals surface area (Å²) in [7, 11) is 0. The Balaban J connectivity index is 1.97. The zero-order valence-corrected chi connectivity index (χ0v) is 14.2. The van der Waals surface area contributed by atoms with Gasteiger partial charge in [0.25, 0.3) is 0 Å². The molecule has 1 aromatic rings. The van der Waals surface area contributed by atoms with Gasteiger partial charge in [0.1, 0.15) is 5.82 Å². The van der Waals surface area contributed by atoms with Crippen molar-refractivity contribution in [1.29, 1.82) is 0 Å². The Hall–Kier alpha value is -1.62. The quantitative estimate of drug-likeness (QED) is 0.534. The highest BCUT2D eigenvalue weighted by atomic mass is 19.1. The smallest absolute Gasteiger partial charge is 0.191 e. The van der Waals surface area contributed by atoms with Crippen molar-refractivity contribution in [1.82, 2.24) is 10.6 Å². The maximum Gasteiger partial charge on any atom is 0.191 e. The largest absolute Gasteiger partial charge is 0.392 e. The molecule has 5 heteroatoms. The number of hydrogen-bond acceptors (Lipinski definition) is 2. The van der Waals surface area contributed by atoms with Crippen molar-refractivity contribution < 1.29 is 9.50 Å². The topological polar surface area (TPSA) is 56.7 Å². The van der Waals surface area contributed by atoms with Gasteiger partial charge in [0.15, 0.2) is 5.96 Å². The second kappa shape index (κ2) is 8.29. The molecule has 0 amide bonds. The lowest BCUT2D eigenvalue weighted by molar-refractivity contribution is 0.131. The van der Waals surface area contributed by atoms with Crippen LogP contribution < -0.4 is 10.6 Å². The summed E-state index contributed by atoms with van der Waals surface area (Å²) in [6, 6.07) is 4.76. The fourth-order valence-electron chi connectivity index (χ4n) is 2.96. The molecule has 1 aliphatic rings. The van der Waals surface area contributed by atoms with Crippen LogP contribution in [0, 0.1) is 11.2 Å². The second-order valence-corrected chi connectivity index (χ2v) is 6.34. The van der Waals surface area contributed by atoms with E-state index in [2.05, 4.69) is 22.5 Å².